The van der Waals surface area contributed by atoms with Crippen LogP contribution < -0.4 is 19.3 Å². The van der Waals surface area contributed by atoms with Crippen molar-refractivity contribution < 1.29 is 9.47 Å². The van der Waals surface area contributed by atoms with Gasteiger partial charge in [-0.05, 0) is 119 Å². The Kier molecular flexibility index (Phi) is 14.4. The van der Waals surface area contributed by atoms with Crippen LogP contribution in [0.15, 0.2) is 124 Å². The predicted molar refractivity (Wildman–Crippen MR) is 238 cm³/mol. The van der Waals surface area contributed by atoms with Gasteiger partial charge in [0, 0.05) is 31.5 Å². The summed E-state index contributed by atoms with van der Waals surface area (Å²) in [7, 11) is 4.11. The van der Waals surface area contributed by atoms with Gasteiger partial charge in [0.15, 0.2) is 0 Å². The lowest BCUT2D eigenvalue weighted by molar-refractivity contribution is 0.309. The van der Waals surface area contributed by atoms with Gasteiger partial charge in [0.1, 0.15) is 60.1 Å². The second kappa shape index (κ2) is 19.6. The second-order valence-corrected chi connectivity index (χ2v) is 17.1. The van der Waals surface area contributed by atoms with E-state index in [9.17, 15) is 21.0 Å². The van der Waals surface area contributed by atoms with Gasteiger partial charge in [0.05, 0.1) is 13.1 Å². The summed E-state index contributed by atoms with van der Waals surface area (Å²) >= 11 is 0. The molecule has 8 heteroatoms. The lowest BCUT2D eigenvalue weighted by Crippen LogP contribution is -2.24. The van der Waals surface area contributed by atoms with Crippen LogP contribution >= 0.6 is 0 Å². The van der Waals surface area contributed by atoms with Gasteiger partial charge in [-0.2, -0.15) is 21.0 Å². The maximum absolute atomic E-state index is 9.38. The zero-order valence-corrected chi connectivity index (χ0v) is 35.5. The van der Waals surface area contributed by atoms with Crippen molar-refractivity contribution in [3.05, 3.63) is 141 Å². The zero-order chi connectivity index (χ0) is 42.6. The number of hydrogen-bond acceptors (Lipinski definition) is 8. The van der Waals surface area contributed by atoms with Crippen LogP contribution in [0.4, 0.5) is 11.4 Å². The first kappa shape index (κ1) is 43.4. The van der Waals surface area contributed by atoms with E-state index in [4.69, 9.17) is 9.47 Å². The number of nitrogens with zero attached hydrogens (tertiary/aromatic N) is 6. The van der Waals surface area contributed by atoms with E-state index in [-0.39, 0.29) is 22.0 Å². The first-order chi connectivity index (χ1) is 28.2. The summed E-state index contributed by atoms with van der Waals surface area (Å²) in [5.41, 5.74) is 9.62. The topological polar surface area (TPSA) is 120 Å². The van der Waals surface area contributed by atoms with E-state index in [1.807, 2.05) is 61.6 Å². The molecule has 0 saturated carbocycles. The number of anilines is 2. The number of hydrogen-bond donors (Lipinski definition) is 0. The molecule has 0 fully saturated rings. The van der Waals surface area contributed by atoms with Crippen LogP contribution in [0.2, 0.25) is 0 Å². The maximum atomic E-state index is 9.38. The molecule has 0 bridgehead atoms. The molecule has 2 aliphatic carbocycles. The molecule has 0 N–H and O–H groups in total. The molecule has 0 saturated heterocycles. The van der Waals surface area contributed by atoms with E-state index in [1.165, 1.54) is 0 Å². The first-order valence-electron chi connectivity index (χ1n) is 20.0. The molecular formula is C51H54N6O2. The van der Waals surface area contributed by atoms with Crippen molar-refractivity contribution in [3.63, 3.8) is 0 Å². The highest BCUT2D eigenvalue weighted by Gasteiger charge is 2.27. The number of benzene rings is 3. The van der Waals surface area contributed by atoms with Crippen LogP contribution in [0.3, 0.4) is 0 Å². The third-order valence-corrected chi connectivity index (χ3v) is 10.6. The Morgan fingerprint density at radius 3 is 1.31 bits per heavy atom. The molecule has 8 nitrogen and oxygen atoms in total. The maximum Gasteiger partial charge on any atom is 0.132 e. The van der Waals surface area contributed by atoms with Crippen LogP contribution in [-0.4, -0.2) is 40.4 Å². The summed E-state index contributed by atoms with van der Waals surface area (Å²) in [6.45, 7) is 13.2. The number of likely N-dealkylation sites (N-methyl/N-ethyl adjacent to an activating group) is 2. The van der Waals surface area contributed by atoms with Crippen molar-refractivity contribution in [3.8, 4) is 35.8 Å². The Balaban J connectivity index is 1.08. The molecular weight excluding hydrogens is 729 g/mol. The summed E-state index contributed by atoms with van der Waals surface area (Å²) in [5, 5.41) is 37.5. The van der Waals surface area contributed by atoms with Gasteiger partial charge >= 0.3 is 0 Å². The third-order valence-electron chi connectivity index (χ3n) is 10.6. The van der Waals surface area contributed by atoms with Gasteiger partial charge < -0.3 is 19.3 Å². The number of aryl methyl sites for hydroxylation is 1. The van der Waals surface area contributed by atoms with Crippen molar-refractivity contribution in [1.82, 2.24) is 0 Å². The monoisotopic (exact) mass is 782 g/mol. The molecule has 3 aromatic carbocycles. The lowest BCUT2D eigenvalue weighted by atomic mass is 9.74. The van der Waals surface area contributed by atoms with Crippen LogP contribution in [0.1, 0.15) is 70.1 Å². The minimum atomic E-state index is -0.0145. The molecule has 59 heavy (non-hydrogen) atoms. The first-order valence-corrected chi connectivity index (χ1v) is 20.0. The highest BCUT2D eigenvalue weighted by atomic mass is 16.5. The standard InChI is InChI=1S/C51H54N6O2/c1-37-24-48(58-22-20-56(6)46-16-12-38(13-17-46)8-10-40-26-42(44(33-52)34-53)31-50(2,3)29-40)28-49(25-37)59-23-21-57(7)47-18-14-39(15-19-47)9-11-41-27-43(45(35-54)36-55)32-51(4,5)30-41/h8-19,24-28H,20-23,29-32H2,1-7H3/b10-8+,11-9+. The van der Waals surface area contributed by atoms with Crippen molar-refractivity contribution >= 4 is 23.5 Å². The molecule has 0 amide bonds. The van der Waals surface area contributed by atoms with Gasteiger partial charge in [-0.3, -0.25) is 0 Å². The summed E-state index contributed by atoms with van der Waals surface area (Å²) in [6, 6.07) is 31.0. The molecule has 0 unspecified atom stereocenters. The molecule has 0 atom stereocenters. The Morgan fingerprint density at radius 2 is 0.949 bits per heavy atom. The molecule has 0 aromatic heterocycles. The van der Waals surface area contributed by atoms with Crippen LogP contribution in [0.25, 0.3) is 12.2 Å². The molecule has 5 rings (SSSR count). The second-order valence-electron chi connectivity index (χ2n) is 17.1. The van der Waals surface area contributed by atoms with Gasteiger partial charge in [0.25, 0.3) is 0 Å². The van der Waals surface area contributed by atoms with Crippen LogP contribution in [0.5, 0.6) is 11.5 Å². The van der Waals surface area contributed by atoms with Gasteiger partial charge in [-0.15, -0.1) is 0 Å². The van der Waals surface area contributed by atoms with E-state index in [0.29, 0.717) is 26.3 Å². The van der Waals surface area contributed by atoms with E-state index in [2.05, 4.69) is 124 Å². The zero-order valence-electron chi connectivity index (χ0n) is 35.5. The molecule has 0 spiro atoms. The fourth-order valence-electron chi connectivity index (χ4n) is 7.61. The SMILES string of the molecule is Cc1cc(OCCN(C)c2ccc(/C=C/C3=CC(=C(C#N)C#N)CC(C)(C)C3)cc2)cc(OCCN(C)c2ccc(/C=C/C3=CC(=C(C#N)C#N)CC(C)(C)C3)cc2)c1. The van der Waals surface area contributed by atoms with E-state index in [0.717, 1.165) is 87.5 Å². The van der Waals surface area contributed by atoms with E-state index < -0.39 is 0 Å². The minimum absolute atomic E-state index is 0.0145. The van der Waals surface area contributed by atoms with Crippen molar-refractivity contribution in [2.45, 2.75) is 60.3 Å². The number of rotatable bonds is 14. The number of nitriles is 4. The summed E-state index contributed by atoms with van der Waals surface area (Å²) in [6.07, 6.45) is 15.6. The minimum Gasteiger partial charge on any atom is -0.492 e. The van der Waals surface area contributed by atoms with Gasteiger partial charge in [-0.1, -0.05) is 88.4 Å². The average molecular weight is 783 g/mol. The Labute approximate surface area is 351 Å². The average Bonchev–Trinajstić information content (AvgIpc) is 3.19. The summed E-state index contributed by atoms with van der Waals surface area (Å²) in [5.74, 6) is 1.55. The van der Waals surface area contributed by atoms with Crippen LogP contribution in [-0.2, 0) is 0 Å². The summed E-state index contributed by atoms with van der Waals surface area (Å²) in [4.78, 5) is 4.33. The predicted octanol–water partition coefficient (Wildman–Crippen LogP) is 11.2. The lowest BCUT2D eigenvalue weighted by Gasteiger charge is -2.30. The fourth-order valence-corrected chi connectivity index (χ4v) is 7.61. The molecule has 300 valence electrons. The number of ether oxygens (including phenoxy) is 2. The Morgan fingerprint density at radius 1 is 0.576 bits per heavy atom. The highest BCUT2D eigenvalue weighted by Crippen LogP contribution is 2.41. The van der Waals surface area contributed by atoms with E-state index >= 15 is 0 Å². The molecule has 0 aliphatic heterocycles. The number of allylic oxidation sites excluding steroid dienone is 10. The van der Waals surface area contributed by atoms with Crippen molar-refractivity contribution in [2.75, 3.05) is 50.2 Å². The quantitative estimate of drug-likeness (QED) is 0.148. The highest BCUT2D eigenvalue weighted by molar-refractivity contribution is 5.61. The largest absolute Gasteiger partial charge is 0.492 e. The molecule has 0 radical (unpaired) electrons. The molecule has 2 aliphatic rings. The van der Waals surface area contributed by atoms with Gasteiger partial charge in [0.2, 0.25) is 0 Å². The third kappa shape index (κ3) is 12.6. The summed E-state index contributed by atoms with van der Waals surface area (Å²) < 4.78 is 12.4. The van der Waals surface area contributed by atoms with E-state index in [1.54, 1.807) is 0 Å². The van der Waals surface area contributed by atoms with Gasteiger partial charge in [-0.25, -0.2) is 0 Å². The van der Waals surface area contributed by atoms with Crippen LogP contribution in [0, 0.1) is 63.1 Å². The Hall–Kier alpha value is -6.74. The van der Waals surface area contributed by atoms with Crippen molar-refractivity contribution in [1.29, 1.82) is 21.0 Å². The van der Waals surface area contributed by atoms with Crippen molar-refractivity contribution in [2.24, 2.45) is 10.8 Å². The Bertz CT molecular complexity index is 2170. The molecule has 0 heterocycles. The smallest absolute Gasteiger partial charge is 0.132 e. The normalized spacial score (nSPS) is 15.6. The molecule has 3 aromatic rings. The fraction of sp³-hybridized carbons (Fsp3) is 0.333.